The van der Waals surface area contributed by atoms with Gasteiger partial charge in [-0.15, -0.1) is 0 Å². The Balaban J connectivity index is 1.45. The molecule has 3 aromatic rings. The van der Waals surface area contributed by atoms with E-state index in [2.05, 4.69) is 6.92 Å². The van der Waals surface area contributed by atoms with Gasteiger partial charge in [0, 0.05) is 0 Å². The summed E-state index contributed by atoms with van der Waals surface area (Å²) in [5, 5.41) is 11.3. The van der Waals surface area contributed by atoms with Crippen LogP contribution < -0.4 is 9.47 Å². The SMILES string of the molecule is CCCCCCCCCOc1ccc(C(=O)Oc2ccc3cc(O)ccc3c2)cc1. The van der Waals surface area contributed by atoms with Crippen molar-refractivity contribution in [2.45, 2.75) is 51.9 Å². The van der Waals surface area contributed by atoms with E-state index < -0.39 is 5.97 Å². The first-order valence-corrected chi connectivity index (χ1v) is 10.8. The van der Waals surface area contributed by atoms with Crippen LogP contribution in [0.3, 0.4) is 0 Å². The molecule has 4 heteroatoms. The summed E-state index contributed by atoms with van der Waals surface area (Å²) in [6, 6.07) is 17.5. The molecule has 0 spiro atoms. The minimum absolute atomic E-state index is 0.210. The van der Waals surface area contributed by atoms with Crippen LogP contribution in [0.1, 0.15) is 62.2 Å². The Morgan fingerprint density at radius 2 is 1.40 bits per heavy atom. The number of rotatable bonds is 11. The van der Waals surface area contributed by atoms with Crippen molar-refractivity contribution in [1.82, 2.24) is 0 Å². The average Bonchev–Trinajstić information content (AvgIpc) is 2.76. The quantitative estimate of drug-likeness (QED) is 0.214. The predicted octanol–water partition coefficient (Wildman–Crippen LogP) is 6.89. The zero-order valence-electron chi connectivity index (χ0n) is 17.6. The second-order valence-electron chi connectivity index (χ2n) is 7.58. The van der Waals surface area contributed by atoms with Gasteiger partial charge in [-0.3, -0.25) is 0 Å². The molecule has 0 aliphatic carbocycles. The summed E-state index contributed by atoms with van der Waals surface area (Å²) in [5.41, 5.74) is 0.476. The molecule has 0 aromatic heterocycles. The van der Waals surface area contributed by atoms with Gasteiger partial charge in [0.05, 0.1) is 12.2 Å². The van der Waals surface area contributed by atoms with E-state index in [4.69, 9.17) is 9.47 Å². The van der Waals surface area contributed by atoms with Gasteiger partial charge in [0.15, 0.2) is 0 Å². The van der Waals surface area contributed by atoms with Crippen molar-refractivity contribution in [3.8, 4) is 17.2 Å². The molecule has 4 nitrogen and oxygen atoms in total. The van der Waals surface area contributed by atoms with Crippen LogP contribution in [0.15, 0.2) is 60.7 Å². The maximum Gasteiger partial charge on any atom is 0.343 e. The normalized spacial score (nSPS) is 10.8. The van der Waals surface area contributed by atoms with Crippen molar-refractivity contribution in [2.24, 2.45) is 0 Å². The minimum Gasteiger partial charge on any atom is -0.508 e. The van der Waals surface area contributed by atoms with Crippen LogP contribution in [-0.4, -0.2) is 17.7 Å². The number of carbonyl (C=O) groups is 1. The first-order valence-electron chi connectivity index (χ1n) is 10.8. The third kappa shape index (κ3) is 6.51. The molecule has 0 radical (unpaired) electrons. The number of phenolic OH excluding ortho intramolecular Hbond substituents is 1. The lowest BCUT2D eigenvalue weighted by atomic mass is 10.1. The van der Waals surface area contributed by atoms with Crippen LogP contribution in [0.4, 0.5) is 0 Å². The maximum atomic E-state index is 12.4. The van der Waals surface area contributed by atoms with Crippen molar-refractivity contribution in [1.29, 1.82) is 0 Å². The Hall–Kier alpha value is -3.01. The Morgan fingerprint density at radius 3 is 2.17 bits per heavy atom. The van der Waals surface area contributed by atoms with Gasteiger partial charge >= 0.3 is 5.97 Å². The largest absolute Gasteiger partial charge is 0.508 e. The summed E-state index contributed by atoms with van der Waals surface area (Å²) in [4.78, 5) is 12.4. The summed E-state index contributed by atoms with van der Waals surface area (Å²) in [6.45, 7) is 2.93. The number of unbranched alkanes of at least 4 members (excludes halogenated alkanes) is 6. The van der Waals surface area contributed by atoms with E-state index in [0.717, 1.165) is 22.9 Å². The van der Waals surface area contributed by atoms with Crippen LogP contribution >= 0.6 is 0 Å². The van der Waals surface area contributed by atoms with Crippen molar-refractivity contribution in [3.05, 3.63) is 66.2 Å². The fraction of sp³-hybridized carbons (Fsp3) is 0.346. The van der Waals surface area contributed by atoms with E-state index in [1.54, 1.807) is 54.6 Å². The highest BCUT2D eigenvalue weighted by molar-refractivity contribution is 5.92. The molecule has 0 atom stereocenters. The molecule has 0 heterocycles. The molecular weight excluding hydrogens is 376 g/mol. The van der Waals surface area contributed by atoms with E-state index in [0.29, 0.717) is 17.9 Å². The monoisotopic (exact) mass is 406 g/mol. The van der Waals surface area contributed by atoms with Gasteiger partial charge in [-0.1, -0.05) is 57.6 Å². The molecule has 1 N–H and O–H groups in total. The highest BCUT2D eigenvalue weighted by atomic mass is 16.5. The maximum absolute atomic E-state index is 12.4. The van der Waals surface area contributed by atoms with Crippen molar-refractivity contribution < 1.29 is 19.4 Å². The van der Waals surface area contributed by atoms with Gasteiger partial charge in [0.2, 0.25) is 0 Å². The van der Waals surface area contributed by atoms with Gasteiger partial charge in [0.1, 0.15) is 17.2 Å². The van der Waals surface area contributed by atoms with Crippen molar-refractivity contribution in [2.75, 3.05) is 6.61 Å². The molecule has 0 saturated heterocycles. The standard InChI is InChI=1S/C26H30O4/c1-2-3-4-5-6-7-8-17-29-24-14-10-20(11-15-24)26(28)30-25-16-12-21-18-23(27)13-9-22(21)19-25/h9-16,18-19,27H,2-8,17H2,1H3. The Kier molecular flexibility index (Phi) is 8.13. The second-order valence-corrected chi connectivity index (χ2v) is 7.58. The molecular formula is C26H30O4. The number of hydrogen-bond acceptors (Lipinski definition) is 4. The van der Waals surface area contributed by atoms with E-state index in [9.17, 15) is 9.90 Å². The Morgan fingerprint density at radius 1 is 0.767 bits per heavy atom. The minimum atomic E-state index is -0.410. The highest BCUT2D eigenvalue weighted by Gasteiger charge is 2.09. The fourth-order valence-electron chi connectivity index (χ4n) is 3.38. The van der Waals surface area contributed by atoms with Gasteiger partial charge < -0.3 is 14.6 Å². The number of esters is 1. The van der Waals surface area contributed by atoms with E-state index in [1.165, 1.54) is 38.5 Å². The third-order valence-electron chi connectivity index (χ3n) is 5.11. The Bertz CT molecular complexity index is 947. The predicted molar refractivity (Wildman–Crippen MR) is 121 cm³/mol. The third-order valence-corrected chi connectivity index (χ3v) is 5.11. The first kappa shape index (κ1) is 21.7. The zero-order chi connectivity index (χ0) is 21.2. The average molecular weight is 407 g/mol. The zero-order valence-corrected chi connectivity index (χ0v) is 17.6. The van der Waals surface area contributed by atoms with Crippen LogP contribution in [-0.2, 0) is 0 Å². The number of ether oxygens (including phenoxy) is 2. The van der Waals surface area contributed by atoms with Gasteiger partial charge in [-0.25, -0.2) is 4.79 Å². The molecule has 3 rings (SSSR count). The van der Waals surface area contributed by atoms with Crippen LogP contribution in [0.2, 0.25) is 0 Å². The molecule has 158 valence electrons. The molecule has 0 aliphatic rings. The molecule has 0 bridgehead atoms. The molecule has 0 amide bonds. The van der Waals surface area contributed by atoms with Crippen LogP contribution in [0, 0.1) is 0 Å². The molecule has 0 unspecified atom stereocenters. The second kappa shape index (κ2) is 11.2. The van der Waals surface area contributed by atoms with E-state index in [-0.39, 0.29) is 5.75 Å². The van der Waals surface area contributed by atoms with Crippen molar-refractivity contribution in [3.63, 3.8) is 0 Å². The fourth-order valence-corrected chi connectivity index (χ4v) is 3.38. The molecule has 0 aliphatic heterocycles. The first-order chi connectivity index (χ1) is 14.7. The van der Waals surface area contributed by atoms with E-state index >= 15 is 0 Å². The summed E-state index contributed by atoms with van der Waals surface area (Å²) in [5.74, 6) is 1.04. The number of carbonyl (C=O) groups excluding carboxylic acids is 1. The van der Waals surface area contributed by atoms with Crippen LogP contribution in [0.25, 0.3) is 10.8 Å². The number of hydrogen-bond donors (Lipinski definition) is 1. The lowest BCUT2D eigenvalue weighted by Crippen LogP contribution is -2.08. The summed E-state index contributed by atoms with van der Waals surface area (Å²) in [6.07, 6.45) is 8.76. The summed E-state index contributed by atoms with van der Waals surface area (Å²) < 4.78 is 11.3. The molecule has 3 aromatic carbocycles. The lowest BCUT2D eigenvalue weighted by molar-refractivity contribution is 0.0735. The number of aromatic hydroxyl groups is 1. The van der Waals surface area contributed by atoms with Gasteiger partial charge in [-0.2, -0.15) is 0 Å². The van der Waals surface area contributed by atoms with Crippen molar-refractivity contribution >= 4 is 16.7 Å². The molecule has 0 fully saturated rings. The van der Waals surface area contributed by atoms with Gasteiger partial charge in [-0.05, 0) is 65.7 Å². The number of phenols is 1. The molecule has 30 heavy (non-hydrogen) atoms. The summed E-state index contributed by atoms with van der Waals surface area (Å²) in [7, 11) is 0. The van der Waals surface area contributed by atoms with E-state index in [1.807, 2.05) is 6.07 Å². The smallest absolute Gasteiger partial charge is 0.343 e. The summed E-state index contributed by atoms with van der Waals surface area (Å²) >= 11 is 0. The van der Waals surface area contributed by atoms with Crippen LogP contribution in [0.5, 0.6) is 17.2 Å². The number of benzene rings is 3. The molecule has 0 saturated carbocycles. The Labute approximate surface area is 178 Å². The lowest BCUT2D eigenvalue weighted by Gasteiger charge is -2.08. The topological polar surface area (TPSA) is 55.8 Å². The van der Waals surface area contributed by atoms with Gasteiger partial charge in [0.25, 0.3) is 0 Å². The number of fused-ring (bicyclic) bond motifs is 1. The highest BCUT2D eigenvalue weighted by Crippen LogP contribution is 2.25.